The third-order valence-corrected chi connectivity index (χ3v) is 2.31. The lowest BCUT2D eigenvalue weighted by Gasteiger charge is -2.22. The number of terminal acetylenes is 1. The molecule has 96 valence electrons. The Morgan fingerprint density at radius 2 is 1.89 bits per heavy atom. The van der Waals surface area contributed by atoms with Gasteiger partial charge in [0.15, 0.2) is 0 Å². The second-order valence-corrected chi connectivity index (χ2v) is 3.54. The average molecular weight is 257 g/mol. The highest BCUT2D eigenvalue weighted by atomic mass is 19.4. The number of benzene rings is 1. The van der Waals surface area contributed by atoms with E-state index < -0.39 is 23.9 Å². The van der Waals surface area contributed by atoms with Crippen LogP contribution in [0.4, 0.5) is 23.7 Å². The van der Waals surface area contributed by atoms with Gasteiger partial charge in [-0.1, -0.05) is 5.92 Å². The topological polar surface area (TPSA) is 40.5 Å². The molecule has 1 amide bonds. The highest BCUT2D eigenvalue weighted by Gasteiger charge is 2.30. The summed E-state index contributed by atoms with van der Waals surface area (Å²) in [5.74, 6) is 2.21. The molecule has 1 rings (SSSR count). The minimum atomic E-state index is -4.45. The maximum atomic E-state index is 12.3. The second kappa shape index (κ2) is 5.00. The van der Waals surface area contributed by atoms with Crippen LogP contribution in [0.2, 0.25) is 0 Å². The van der Waals surface area contributed by atoms with E-state index in [1.54, 1.807) is 0 Å². The molecule has 18 heavy (non-hydrogen) atoms. The zero-order valence-corrected chi connectivity index (χ0v) is 9.40. The fraction of sp³-hybridized carbons (Fsp3) is 0.250. The lowest BCUT2D eigenvalue weighted by Crippen LogP contribution is -2.36. The first-order chi connectivity index (χ1) is 8.27. The number of amides is 1. The summed E-state index contributed by atoms with van der Waals surface area (Å²) in [4.78, 5) is 11.8. The molecule has 1 unspecified atom stereocenters. The van der Waals surface area contributed by atoms with E-state index in [1.807, 2.05) is 0 Å². The van der Waals surface area contributed by atoms with Crippen molar-refractivity contribution in [3.63, 3.8) is 0 Å². The number of alkyl halides is 3. The third-order valence-electron chi connectivity index (χ3n) is 2.31. The van der Waals surface area contributed by atoms with E-state index in [9.17, 15) is 18.0 Å². The number of rotatable bonds is 2. The van der Waals surface area contributed by atoms with E-state index in [0.717, 1.165) is 29.2 Å². The van der Waals surface area contributed by atoms with Gasteiger partial charge in [0.2, 0.25) is 0 Å². The van der Waals surface area contributed by atoms with Crippen molar-refractivity contribution in [1.82, 2.24) is 0 Å². The summed E-state index contributed by atoms with van der Waals surface area (Å²) in [6.45, 7) is 1.46. The molecule has 0 saturated heterocycles. The monoisotopic (exact) mass is 257 g/mol. The summed E-state index contributed by atoms with van der Waals surface area (Å²) in [6.07, 6.45) is -0.661. The van der Waals surface area contributed by atoms with Crippen molar-refractivity contribution in [1.29, 1.82) is 0 Å². The molecule has 1 N–H and O–H groups in total. The Morgan fingerprint density at radius 1 is 1.39 bits per heavy atom. The first-order valence-electron chi connectivity index (χ1n) is 4.93. The molecule has 0 aromatic heterocycles. The Labute approximate surface area is 102 Å². The van der Waals surface area contributed by atoms with Gasteiger partial charge < -0.3 is 5.11 Å². The van der Waals surface area contributed by atoms with Gasteiger partial charge in [-0.05, 0) is 31.2 Å². The number of anilines is 1. The van der Waals surface area contributed by atoms with E-state index in [0.29, 0.717) is 0 Å². The predicted molar refractivity (Wildman–Crippen MR) is 60.2 cm³/mol. The molecular weight excluding hydrogens is 247 g/mol. The van der Waals surface area contributed by atoms with Crippen molar-refractivity contribution < 1.29 is 23.1 Å². The van der Waals surface area contributed by atoms with E-state index in [2.05, 4.69) is 5.92 Å². The first-order valence-corrected chi connectivity index (χ1v) is 4.93. The van der Waals surface area contributed by atoms with Crippen LogP contribution in [0, 0.1) is 12.3 Å². The molecular formula is C12H10F3NO2. The zero-order valence-electron chi connectivity index (χ0n) is 9.40. The van der Waals surface area contributed by atoms with Crippen LogP contribution in [0.25, 0.3) is 0 Å². The molecule has 0 heterocycles. The van der Waals surface area contributed by atoms with Gasteiger partial charge in [0.25, 0.3) is 0 Å². The number of hydrogen-bond donors (Lipinski definition) is 1. The predicted octanol–water partition coefficient (Wildman–Crippen LogP) is 3.21. The van der Waals surface area contributed by atoms with Crippen LogP contribution in [-0.4, -0.2) is 17.2 Å². The van der Waals surface area contributed by atoms with E-state index in [4.69, 9.17) is 11.5 Å². The summed E-state index contributed by atoms with van der Waals surface area (Å²) in [7, 11) is 0. The van der Waals surface area contributed by atoms with Crippen molar-refractivity contribution in [2.45, 2.75) is 19.1 Å². The summed E-state index contributed by atoms with van der Waals surface area (Å²) < 4.78 is 37.0. The van der Waals surface area contributed by atoms with Crippen LogP contribution in [0.3, 0.4) is 0 Å². The summed E-state index contributed by atoms with van der Waals surface area (Å²) in [5.41, 5.74) is -0.745. The third kappa shape index (κ3) is 2.94. The van der Waals surface area contributed by atoms with Gasteiger partial charge in [0.05, 0.1) is 11.6 Å². The molecule has 6 heteroatoms. The minimum Gasteiger partial charge on any atom is -0.465 e. The van der Waals surface area contributed by atoms with E-state index in [1.165, 1.54) is 6.92 Å². The fourth-order valence-corrected chi connectivity index (χ4v) is 1.39. The Morgan fingerprint density at radius 3 is 2.22 bits per heavy atom. The van der Waals surface area contributed by atoms with Crippen LogP contribution >= 0.6 is 0 Å². The molecule has 0 aliphatic heterocycles. The number of hydrogen-bond acceptors (Lipinski definition) is 1. The smallest absolute Gasteiger partial charge is 0.416 e. The van der Waals surface area contributed by atoms with Gasteiger partial charge in [-0.25, -0.2) is 4.79 Å². The molecule has 0 aliphatic rings. The number of carbonyl (C=O) groups is 1. The second-order valence-electron chi connectivity index (χ2n) is 3.54. The molecule has 0 saturated carbocycles. The highest BCUT2D eigenvalue weighted by molar-refractivity contribution is 5.87. The summed E-state index contributed by atoms with van der Waals surface area (Å²) >= 11 is 0. The fourth-order valence-electron chi connectivity index (χ4n) is 1.39. The lowest BCUT2D eigenvalue weighted by molar-refractivity contribution is -0.137. The summed E-state index contributed by atoms with van der Waals surface area (Å²) in [5, 5.41) is 8.97. The number of carboxylic acid groups (broad SMARTS) is 1. The minimum absolute atomic E-state index is 0.0981. The Hall–Kier alpha value is -2.16. The van der Waals surface area contributed by atoms with Gasteiger partial charge in [0.1, 0.15) is 0 Å². The van der Waals surface area contributed by atoms with Gasteiger partial charge in [-0.2, -0.15) is 13.2 Å². The van der Waals surface area contributed by atoms with Gasteiger partial charge >= 0.3 is 12.3 Å². The molecule has 0 spiro atoms. The normalized spacial score (nSPS) is 12.6. The van der Waals surface area contributed by atoms with Crippen molar-refractivity contribution >= 4 is 11.8 Å². The largest absolute Gasteiger partial charge is 0.465 e. The van der Waals surface area contributed by atoms with E-state index in [-0.39, 0.29) is 5.69 Å². The van der Waals surface area contributed by atoms with Crippen molar-refractivity contribution in [2.75, 3.05) is 4.90 Å². The molecule has 0 bridgehead atoms. The van der Waals surface area contributed by atoms with Crippen LogP contribution in [0.5, 0.6) is 0 Å². The Bertz CT molecular complexity index is 474. The summed E-state index contributed by atoms with van der Waals surface area (Å²) in [6, 6.07) is 3.01. The molecule has 0 aliphatic carbocycles. The SMILES string of the molecule is C#CC(C)N(C(=O)O)c1ccc(C(F)(F)F)cc1. The molecule has 1 atom stereocenters. The van der Waals surface area contributed by atoms with Gasteiger partial charge in [0, 0.05) is 5.69 Å². The lowest BCUT2D eigenvalue weighted by atomic mass is 10.1. The molecule has 3 nitrogen and oxygen atoms in total. The first kappa shape index (κ1) is 13.9. The van der Waals surface area contributed by atoms with Crippen molar-refractivity contribution in [3.8, 4) is 12.3 Å². The Balaban J connectivity index is 3.10. The highest BCUT2D eigenvalue weighted by Crippen LogP contribution is 2.30. The standard InChI is InChI=1S/C12H10F3NO2/c1-3-8(2)16(11(17)18)10-6-4-9(5-7-10)12(13,14)15/h1,4-8H,2H3,(H,17,18). The van der Waals surface area contributed by atoms with E-state index >= 15 is 0 Å². The number of halogens is 3. The maximum Gasteiger partial charge on any atom is 0.416 e. The van der Waals surface area contributed by atoms with Crippen LogP contribution in [-0.2, 0) is 6.18 Å². The van der Waals surface area contributed by atoms with Crippen LogP contribution in [0.1, 0.15) is 12.5 Å². The van der Waals surface area contributed by atoms with Crippen LogP contribution in [0.15, 0.2) is 24.3 Å². The van der Waals surface area contributed by atoms with Crippen molar-refractivity contribution in [2.24, 2.45) is 0 Å². The Kier molecular flexibility index (Phi) is 3.86. The van der Waals surface area contributed by atoms with Crippen LogP contribution < -0.4 is 4.90 Å². The van der Waals surface area contributed by atoms with Gasteiger partial charge in [-0.3, -0.25) is 4.90 Å². The quantitative estimate of drug-likeness (QED) is 0.826. The average Bonchev–Trinajstić information content (AvgIpc) is 2.28. The maximum absolute atomic E-state index is 12.3. The zero-order chi connectivity index (χ0) is 13.9. The molecule has 1 aromatic rings. The number of nitrogens with zero attached hydrogens (tertiary/aromatic N) is 1. The molecule has 0 radical (unpaired) electrons. The molecule has 0 fully saturated rings. The van der Waals surface area contributed by atoms with Crippen molar-refractivity contribution in [3.05, 3.63) is 29.8 Å². The van der Waals surface area contributed by atoms with Gasteiger partial charge in [-0.15, -0.1) is 6.42 Å². The molecule has 1 aromatic carbocycles.